The van der Waals surface area contributed by atoms with E-state index in [1.54, 1.807) is 36.5 Å². The SMILES string of the molecule is O=c1[nH]c2ccc(Nc3nc4nonc4nc3N/N=C/c3cc(I)cc(I)c3OCc3ccc(Cl)cc3Cl)cc2[nH]1. The second-order valence-corrected chi connectivity index (χ2v) is 11.7. The first-order chi connectivity index (χ1) is 19.8. The van der Waals surface area contributed by atoms with Gasteiger partial charge in [-0.2, -0.15) is 10.1 Å². The van der Waals surface area contributed by atoms with Crippen LogP contribution >= 0.6 is 68.4 Å². The van der Waals surface area contributed by atoms with Crippen LogP contribution in [0.5, 0.6) is 5.75 Å². The summed E-state index contributed by atoms with van der Waals surface area (Å²) in [4.78, 5) is 26.0. The average molecular weight is 814 g/mol. The first kappa shape index (κ1) is 27.7. The lowest BCUT2D eigenvalue weighted by atomic mass is 10.2. The van der Waals surface area contributed by atoms with Gasteiger partial charge in [0.2, 0.25) is 11.3 Å². The van der Waals surface area contributed by atoms with Crippen molar-refractivity contribution >= 4 is 114 Å². The molecule has 0 spiro atoms. The summed E-state index contributed by atoms with van der Waals surface area (Å²) in [5.41, 5.74) is 6.52. The molecular formula is C25H15Cl2I2N9O3. The van der Waals surface area contributed by atoms with Crippen molar-refractivity contribution in [3.05, 3.63) is 87.3 Å². The predicted octanol–water partition coefficient (Wildman–Crippen LogP) is 6.47. The number of H-pyrrole nitrogens is 2. The van der Waals surface area contributed by atoms with E-state index in [0.717, 1.165) is 18.3 Å². The molecule has 0 aliphatic heterocycles. The third-order valence-corrected chi connectivity index (χ3v) is 7.70. The van der Waals surface area contributed by atoms with Gasteiger partial charge in [-0.1, -0.05) is 29.3 Å². The molecule has 3 aromatic carbocycles. The fourth-order valence-electron chi connectivity index (χ4n) is 3.83. The van der Waals surface area contributed by atoms with Crippen LogP contribution < -0.4 is 21.2 Å². The highest BCUT2D eigenvalue weighted by Crippen LogP contribution is 2.30. The molecule has 0 bridgehead atoms. The van der Waals surface area contributed by atoms with Crippen molar-refractivity contribution in [2.45, 2.75) is 6.61 Å². The van der Waals surface area contributed by atoms with Crippen LogP contribution in [0.25, 0.3) is 22.3 Å². The van der Waals surface area contributed by atoms with Crippen LogP contribution in [0.4, 0.5) is 17.3 Å². The van der Waals surface area contributed by atoms with Gasteiger partial charge < -0.3 is 20.0 Å². The van der Waals surface area contributed by atoms with Gasteiger partial charge in [-0.3, -0.25) is 5.43 Å². The molecular weight excluding hydrogens is 799 g/mol. The van der Waals surface area contributed by atoms with E-state index in [2.05, 4.69) is 91.3 Å². The number of aromatic nitrogens is 6. The van der Waals surface area contributed by atoms with Gasteiger partial charge in [-0.05, 0) is 98.0 Å². The van der Waals surface area contributed by atoms with E-state index in [4.69, 9.17) is 32.6 Å². The smallest absolute Gasteiger partial charge is 0.323 e. The van der Waals surface area contributed by atoms with Crippen molar-refractivity contribution in [2.75, 3.05) is 10.7 Å². The van der Waals surface area contributed by atoms with Crippen molar-refractivity contribution < 1.29 is 9.37 Å². The number of ether oxygens (including phenoxy) is 1. The lowest BCUT2D eigenvalue weighted by molar-refractivity contribution is 0.303. The summed E-state index contributed by atoms with van der Waals surface area (Å²) in [6.45, 7) is 0.243. The number of rotatable bonds is 8. The first-order valence-electron chi connectivity index (χ1n) is 11.7. The minimum absolute atomic E-state index is 0.200. The molecule has 0 atom stereocenters. The molecule has 0 amide bonds. The van der Waals surface area contributed by atoms with Crippen LogP contribution in [0.15, 0.2) is 63.1 Å². The number of aromatic amines is 2. The van der Waals surface area contributed by atoms with Crippen LogP contribution in [0.3, 0.4) is 0 Å². The van der Waals surface area contributed by atoms with Gasteiger partial charge in [0.05, 0.1) is 20.8 Å². The normalized spacial score (nSPS) is 11.5. The predicted molar refractivity (Wildman–Crippen MR) is 173 cm³/mol. The minimum atomic E-state index is -0.298. The zero-order valence-electron chi connectivity index (χ0n) is 20.4. The summed E-state index contributed by atoms with van der Waals surface area (Å²) in [5.74, 6) is 1.22. The average Bonchev–Trinajstić information content (AvgIpc) is 3.53. The van der Waals surface area contributed by atoms with Gasteiger partial charge in [0, 0.05) is 30.4 Å². The molecule has 12 nitrogen and oxygen atoms in total. The summed E-state index contributed by atoms with van der Waals surface area (Å²) in [6.07, 6.45) is 1.62. The van der Waals surface area contributed by atoms with Crippen LogP contribution in [-0.4, -0.2) is 36.5 Å². The Morgan fingerprint density at radius 2 is 1.76 bits per heavy atom. The van der Waals surface area contributed by atoms with Gasteiger partial charge in [0.1, 0.15) is 12.4 Å². The summed E-state index contributed by atoms with van der Waals surface area (Å²) in [6, 6.07) is 14.5. The molecule has 0 saturated carbocycles. The fraction of sp³-hybridized carbons (Fsp3) is 0.0400. The van der Waals surface area contributed by atoms with Crippen molar-refractivity contribution in [1.29, 1.82) is 0 Å². The van der Waals surface area contributed by atoms with Gasteiger partial charge >= 0.3 is 5.69 Å². The van der Waals surface area contributed by atoms with Crippen molar-refractivity contribution in [1.82, 2.24) is 30.2 Å². The van der Waals surface area contributed by atoms with Crippen LogP contribution in [0.1, 0.15) is 11.1 Å². The Balaban J connectivity index is 1.27. The van der Waals surface area contributed by atoms with E-state index in [1.165, 1.54) is 0 Å². The molecule has 6 aromatic rings. The third-order valence-electron chi connectivity index (χ3n) is 5.69. The highest BCUT2D eigenvalue weighted by atomic mass is 127. The van der Waals surface area contributed by atoms with Gasteiger partial charge in [0.25, 0.3) is 0 Å². The summed E-state index contributed by atoms with van der Waals surface area (Å²) >= 11 is 16.8. The minimum Gasteiger partial charge on any atom is -0.487 e. The Labute approximate surface area is 267 Å². The molecule has 0 saturated heterocycles. The number of hydrogen-bond donors (Lipinski definition) is 4. The van der Waals surface area contributed by atoms with Crippen molar-refractivity contribution in [3.63, 3.8) is 0 Å². The summed E-state index contributed by atoms with van der Waals surface area (Å²) in [5, 5.41) is 16.2. The number of nitrogens with zero attached hydrogens (tertiary/aromatic N) is 5. The molecule has 0 fully saturated rings. The third kappa shape index (κ3) is 6.24. The Morgan fingerprint density at radius 3 is 2.56 bits per heavy atom. The molecule has 0 aliphatic carbocycles. The van der Waals surface area contributed by atoms with Crippen molar-refractivity contribution in [2.24, 2.45) is 5.10 Å². The molecule has 3 heterocycles. The lowest BCUT2D eigenvalue weighted by Gasteiger charge is -2.13. The number of imidazole rings is 1. The monoisotopic (exact) mass is 813 g/mol. The lowest BCUT2D eigenvalue weighted by Crippen LogP contribution is -2.04. The number of nitrogens with one attached hydrogen (secondary N) is 4. The molecule has 41 heavy (non-hydrogen) atoms. The second kappa shape index (κ2) is 11.8. The Kier molecular flexibility index (Phi) is 7.96. The molecule has 0 radical (unpaired) electrons. The molecule has 3 aromatic heterocycles. The number of hydrogen-bond acceptors (Lipinski definition) is 10. The number of hydrazone groups is 1. The molecule has 6 rings (SSSR count). The topological polar surface area (TPSA) is 159 Å². The van der Waals surface area contributed by atoms with Crippen molar-refractivity contribution in [3.8, 4) is 5.75 Å². The van der Waals surface area contributed by atoms with Gasteiger partial charge in [0.15, 0.2) is 11.6 Å². The molecule has 0 unspecified atom stereocenters. The van der Waals surface area contributed by atoms with Gasteiger partial charge in [-0.15, -0.1) is 0 Å². The first-order valence-corrected chi connectivity index (χ1v) is 14.6. The summed E-state index contributed by atoms with van der Waals surface area (Å²) in [7, 11) is 0. The Morgan fingerprint density at radius 1 is 0.976 bits per heavy atom. The zero-order valence-corrected chi connectivity index (χ0v) is 26.2. The maximum atomic E-state index is 11.6. The van der Waals surface area contributed by atoms with Crippen LogP contribution in [0, 0.1) is 7.14 Å². The van der Waals surface area contributed by atoms with E-state index >= 15 is 0 Å². The Bertz CT molecular complexity index is 2010. The van der Waals surface area contributed by atoms with E-state index < -0.39 is 0 Å². The second-order valence-electron chi connectivity index (χ2n) is 8.50. The summed E-state index contributed by atoms with van der Waals surface area (Å²) < 4.78 is 12.8. The molecule has 4 N–H and O–H groups in total. The van der Waals surface area contributed by atoms with E-state index in [9.17, 15) is 4.79 Å². The number of anilines is 3. The van der Waals surface area contributed by atoms with Crippen LogP contribution in [-0.2, 0) is 6.61 Å². The number of halogens is 4. The molecule has 16 heteroatoms. The molecule has 206 valence electrons. The number of fused-ring (bicyclic) bond motifs is 2. The largest absolute Gasteiger partial charge is 0.487 e. The Hall–Kier alpha value is -3.48. The highest BCUT2D eigenvalue weighted by Gasteiger charge is 2.15. The van der Waals surface area contributed by atoms with E-state index in [1.807, 2.05) is 18.2 Å². The molecule has 0 aliphatic rings. The zero-order chi connectivity index (χ0) is 28.5. The highest BCUT2D eigenvalue weighted by molar-refractivity contribution is 14.1. The number of benzene rings is 3. The van der Waals surface area contributed by atoms with Crippen LogP contribution in [0.2, 0.25) is 10.0 Å². The quantitative estimate of drug-likeness (QED) is 0.0769. The fourth-order valence-corrected chi connectivity index (χ4v) is 6.34. The van der Waals surface area contributed by atoms with E-state index in [-0.39, 0.29) is 29.4 Å². The standard InChI is InChI=1S/C25H15Cl2I2N9O3/c26-13-2-1-11(16(27)6-13)10-40-20-12(5-14(28)7-17(20)29)9-30-36-22-21(34-23-24(35-22)38-41-37-23)31-15-3-4-18-19(8-15)33-25(39)32-18/h1-9H,10H2,(H,31,34,37)(H2,32,33,39)(H,35,36,38)/b30-9+. The van der Waals surface area contributed by atoms with Gasteiger partial charge in [-0.25, -0.2) is 14.4 Å². The maximum absolute atomic E-state index is 11.6. The maximum Gasteiger partial charge on any atom is 0.323 e. The van der Waals surface area contributed by atoms with E-state index in [0.29, 0.717) is 38.3 Å².